The molecule has 4 heterocycles. The highest BCUT2D eigenvalue weighted by atomic mass is 16.4. The molecule has 2 aromatic rings. The summed E-state index contributed by atoms with van der Waals surface area (Å²) >= 11 is 0. The molecule has 0 saturated carbocycles. The summed E-state index contributed by atoms with van der Waals surface area (Å²) in [6, 6.07) is 4.13. The van der Waals surface area contributed by atoms with Crippen molar-refractivity contribution in [3.8, 4) is 0 Å². The molecule has 0 aromatic carbocycles. The van der Waals surface area contributed by atoms with Gasteiger partial charge in [0.05, 0.1) is 0 Å². The Hall–Kier alpha value is -2.28. The molecule has 0 N–H and O–H groups in total. The lowest BCUT2D eigenvalue weighted by atomic mass is 9.96. The summed E-state index contributed by atoms with van der Waals surface area (Å²) < 4.78 is 5.81. The van der Waals surface area contributed by atoms with E-state index < -0.39 is 0 Å². The molecule has 0 radical (unpaired) electrons. The molecule has 26 heavy (non-hydrogen) atoms. The number of hydrogen-bond donors (Lipinski definition) is 0. The van der Waals surface area contributed by atoms with Gasteiger partial charge in [0.25, 0.3) is 0 Å². The van der Waals surface area contributed by atoms with E-state index in [4.69, 9.17) is 4.42 Å². The summed E-state index contributed by atoms with van der Waals surface area (Å²) in [4.78, 5) is 20.6. The fourth-order valence-corrected chi connectivity index (χ4v) is 3.80. The molecular formula is C19H25N5O2. The fourth-order valence-electron chi connectivity index (χ4n) is 3.80. The van der Waals surface area contributed by atoms with Gasteiger partial charge in [-0.3, -0.25) is 14.7 Å². The number of likely N-dealkylation sites (tertiary alicyclic amines) is 2. The Morgan fingerprint density at radius 1 is 1.08 bits per heavy atom. The first kappa shape index (κ1) is 17.1. The Morgan fingerprint density at radius 2 is 1.81 bits per heavy atom. The number of amides is 1. The first-order valence-corrected chi connectivity index (χ1v) is 9.49. The second kappa shape index (κ2) is 7.95. The quantitative estimate of drug-likeness (QED) is 0.817. The van der Waals surface area contributed by atoms with Gasteiger partial charge >= 0.3 is 0 Å². The first-order valence-electron chi connectivity index (χ1n) is 9.49. The van der Waals surface area contributed by atoms with Crippen LogP contribution in [0.15, 0.2) is 28.9 Å². The molecule has 0 bridgehead atoms. The number of hydrogen-bond acceptors (Lipinski definition) is 6. The topological polar surface area (TPSA) is 75.4 Å². The highest BCUT2D eigenvalue weighted by Crippen LogP contribution is 2.28. The third-order valence-electron chi connectivity index (χ3n) is 5.34. The molecule has 0 atom stereocenters. The van der Waals surface area contributed by atoms with Crippen LogP contribution in [0.25, 0.3) is 0 Å². The Balaban J connectivity index is 1.28. The molecule has 2 fully saturated rings. The van der Waals surface area contributed by atoms with E-state index in [0.717, 1.165) is 58.4 Å². The van der Waals surface area contributed by atoms with Crippen LogP contribution in [0.3, 0.4) is 0 Å². The van der Waals surface area contributed by atoms with Crippen molar-refractivity contribution in [1.29, 1.82) is 0 Å². The Kier molecular flexibility index (Phi) is 5.24. The smallest absolute Gasteiger partial charge is 0.231 e. The van der Waals surface area contributed by atoms with E-state index in [1.165, 1.54) is 5.56 Å². The molecule has 0 spiro atoms. The molecule has 0 unspecified atom stereocenters. The molecular weight excluding hydrogens is 330 g/mol. The first-order chi connectivity index (χ1) is 12.8. The van der Waals surface area contributed by atoms with Crippen LogP contribution in [0.5, 0.6) is 0 Å². The maximum Gasteiger partial charge on any atom is 0.231 e. The zero-order valence-corrected chi connectivity index (χ0v) is 15.0. The van der Waals surface area contributed by atoms with Gasteiger partial charge in [0.1, 0.15) is 6.42 Å². The van der Waals surface area contributed by atoms with Gasteiger partial charge in [-0.1, -0.05) is 0 Å². The lowest BCUT2D eigenvalue weighted by Gasteiger charge is -2.30. The number of aromatic nitrogens is 3. The SMILES string of the molecule is O=C(Cc1nnc(C2CCN(Cc3ccncc3)CC2)o1)N1CCCC1. The fraction of sp³-hybridized carbons (Fsp3) is 0.579. The van der Waals surface area contributed by atoms with Crippen LogP contribution in [-0.4, -0.2) is 57.1 Å². The summed E-state index contributed by atoms with van der Waals surface area (Å²) in [5.74, 6) is 1.55. The van der Waals surface area contributed by atoms with Crippen molar-refractivity contribution in [2.24, 2.45) is 0 Å². The summed E-state index contributed by atoms with van der Waals surface area (Å²) in [7, 11) is 0. The van der Waals surface area contributed by atoms with Gasteiger partial charge in [-0.2, -0.15) is 0 Å². The summed E-state index contributed by atoms with van der Waals surface area (Å²) in [6.07, 6.45) is 8.11. The number of carbonyl (C=O) groups is 1. The third kappa shape index (κ3) is 4.09. The molecule has 0 aliphatic carbocycles. The van der Waals surface area contributed by atoms with Crippen LogP contribution in [0, 0.1) is 0 Å². The van der Waals surface area contributed by atoms with Crippen molar-refractivity contribution in [3.05, 3.63) is 41.9 Å². The van der Waals surface area contributed by atoms with Gasteiger partial charge in [0, 0.05) is 37.9 Å². The standard InChI is InChI=1S/C19H25N5O2/c25-18(24-9-1-2-10-24)13-17-21-22-19(26-17)16-5-11-23(12-6-16)14-15-3-7-20-8-4-15/h3-4,7-8,16H,1-2,5-6,9-14H2. The summed E-state index contributed by atoms with van der Waals surface area (Å²) in [5.41, 5.74) is 1.29. The molecule has 2 aliphatic rings. The maximum absolute atomic E-state index is 12.2. The van der Waals surface area contributed by atoms with Gasteiger partial charge < -0.3 is 9.32 Å². The van der Waals surface area contributed by atoms with E-state index in [1.54, 1.807) is 0 Å². The molecule has 2 saturated heterocycles. The maximum atomic E-state index is 12.2. The lowest BCUT2D eigenvalue weighted by Crippen LogP contribution is -2.32. The minimum atomic E-state index is 0.102. The van der Waals surface area contributed by atoms with Gasteiger partial charge in [0.2, 0.25) is 17.7 Å². The lowest BCUT2D eigenvalue weighted by molar-refractivity contribution is -0.129. The second-order valence-corrected chi connectivity index (χ2v) is 7.20. The minimum absolute atomic E-state index is 0.102. The Morgan fingerprint density at radius 3 is 2.54 bits per heavy atom. The van der Waals surface area contributed by atoms with Gasteiger partial charge in [0.15, 0.2) is 0 Å². The van der Waals surface area contributed by atoms with Crippen molar-refractivity contribution in [2.75, 3.05) is 26.2 Å². The van der Waals surface area contributed by atoms with Crippen LogP contribution >= 0.6 is 0 Å². The highest BCUT2D eigenvalue weighted by Gasteiger charge is 2.26. The van der Waals surface area contributed by atoms with Crippen molar-refractivity contribution in [1.82, 2.24) is 25.0 Å². The zero-order valence-electron chi connectivity index (χ0n) is 15.0. The van der Waals surface area contributed by atoms with E-state index in [9.17, 15) is 4.79 Å². The van der Waals surface area contributed by atoms with Crippen LogP contribution in [-0.2, 0) is 17.8 Å². The molecule has 7 nitrogen and oxygen atoms in total. The predicted molar refractivity (Wildman–Crippen MR) is 95.3 cm³/mol. The van der Waals surface area contributed by atoms with Crippen LogP contribution in [0.4, 0.5) is 0 Å². The third-order valence-corrected chi connectivity index (χ3v) is 5.34. The largest absolute Gasteiger partial charge is 0.424 e. The number of rotatable bonds is 5. The summed E-state index contributed by atoms with van der Waals surface area (Å²) in [5, 5.41) is 8.32. The van der Waals surface area contributed by atoms with Crippen molar-refractivity contribution >= 4 is 5.91 Å². The van der Waals surface area contributed by atoms with E-state index in [2.05, 4.69) is 32.2 Å². The average molecular weight is 355 g/mol. The number of carbonyl (C=O) groups excluding carboxylic acids is 1. The monoisotopic (exact) mass is 355 g/mol. The van der Waals surface area contributed by atoms with E-state index >= 15 is 0 Å². The molecule has 2 aliphatic heterocycles. The van der Waals surface area contributed by atoms with Gasteiger partial charge in [-0.25, -0.2) is 0 Å². The molecule has 138 valence electrons. The second-order valence-electron chi connectivity index (χ2n) is 7.20. The molecule has 1 amide bonds. The van der Waals surface area contributed by atoms with Crippen LogP contribution < -0.4 is 0 Å². The Bertz CT molecular complexity index is 719. The zero-order chi connectivity index (χ0) is 17.8. The number of pyridine rings is 1. The van der Waals surface area contributed by atoms with E-state index in [0.29, 0.717) is 17.7 Å². The van der Waals surface area contributed by atoms with E-state index in [-0.39, 0.29) is 12.3 Å². The van der Waals surface area contributed by atoms with Gasteiger partial charge in [-0.15, -0.1) is 10.2 Å². The van der Waals surface area contributed by atoms with Crippen molar-refractivity contribution in [2.45, 2.75) is 44.6 Å². The molecule has 4 rings (SSSR count). The van der Waals surface area contributed by atoms with Crippen molar-refractivity contribution < 1.29 is 9.21 Å². The predicted octanol–water partition coefficient (Wildman–Crippen LogP) is 2.01. The molecule has 7 heteroatoms. The van der Waals surface area contributed by atoms with Crippen LogP contribution in [0.2, 0.25) is 0 Å². The highest BCUT2D eigenvalue weighted by molar-refractivity contribution is 5.78. The van der Waals surface area contributed by atoms with E-state index in [1.807, 2.05) is 17.3 Å². The van der Waals surface area contributed by atoms with Crippen molar-refractivity contribution in [3.63, 3.8) is 0 Å². The van der Waals surface area contributed by atoms with Crippen LogP contribution in [0.1, 0.15) is 48.9 Å². The average Bonchev–Trinajstić information content (AvgIpc) is 3.35. The summed E-state index contributed by atoms with van der Waals surface area (Å²) in [6.45, 7) is 4.69. The normalized spacial score (nSPS) is 19.2. The number of nitrogens with zero attached hydrogens (tertiary/aromatic N) is 5. The number of piperidine rings is 1. The molecule has 2 aromatic heterocycles. The Labute approximate surface area is 153 Å². The minimum Gasteiger partial charge on any atom is -0.424 e. The van der Waals surface area contributed by atoms with Gasteiger partial charge in [-0.05, 0) is 56.5 Å².